The van der Waals surface area contributed by atoms with Crippen molar-refractivity contribution in [1.82, 2.24) is 14.9 Å². The van der Waals surface area contributed by atoms with Crippen molar-refractivity contribution in [3.63, 3.8) is 0 Å². The molecule has 6 nitrogen and oxygen atoms in total. The van der Waals surface area contributed by atoms with E-state index < -0.39 is 16.1 Å². The van der Waals surface area contributed by atoms with Gasteiger partial charge >= 0.3 is 6.03 Å². The van der Waals surface area contributed by atoms with Crippen LogP contribution in [0.4, 0.5) is 4.79 Å². The lowest BCUT2D eigenvalue weighted by atomic mass is 9.97. The summed E-state index contributed by atoms with van der Waals surface area (Å²) in [6.45, 7) is 4.40. The number of urea groups is 1. The molecule has 0 spiro atoms. The number of sulfonamides is 1. The molecular formula is C15H23N3O3S. The lowest BCUT2D eigenvalue weighted by Crippen LogP contribution is -2.43. The van der Waals surface area contributed by atoms with E-state index in [1.165, 1.54) is 12.1 Å². The van der Waals surface area contributed by atoms with Crippen LogP contribution in [0, 0.1) is 12.8 Å². The lowest BCUT2D eigenvalue weighted by molar-refractivity contribution is 0.211. The highest BCUT2D eigenvalue weighted by molar-refractivity contribution is 7.90. The topological polar surface area (TPSA) is 78.5 Å². The highest BCUT2D eigenvalue weighted by atomic mass is 32.2. The lowest BCUT2D eigenvalue weighted by Gasteiger charge is -2.28. The fraction of sp³-hybridized carbons (Fsp3) is 0.533. The number of likely N-dealkylation sites (tertiary alicyclic amines) is 1. The molecule has 0 saturated carbocycles. The van der Waals surface area contributed by atoms with Crippen LogP contribution in [-0.4, -0.2) is 46.0 Å². The molecule has 1 heterocycles. The zero-order valence-corrected chi connectivity index (χ0v) is 13.8. The number of amides is 2. The molecule has 0 bridgehead atoms. The summed E-state index contributed by atoms with van der Waals surface area (Å²) in [4.78, 5) is 14.1. The van der Waals surface area contributed by atoms with E-state index >= 15 is 0 Å². The number of benzene rings is 1. The van der Waals surface area contributed by atoms with E-state index in [4.69, 9.17) is 0 Å². The average molecular weight is 325 g/mol. The van der Waals surface area contributed by atoms with Gasteiger partial charge < -0.3 is 10.2 Å². The molecule has 0 unspecified atom stereocenters. The van der Waals surface area contributed by atoms with Crippen molar-refractivity contribution in [2.45, 2.75) is 24.7 Å². The molecule has 0 aromatic heterocycles. The molecule has 2 N–H and O–H groups in total. The zero-order chi connectivity index (χ0) is 16.2. The first-order valence-corrected chi connectivity index (χ1v) is 8.91. The quantitative estimate of drug-likeness (QED) is 0.875. The van der Waals surface area contributed by atoms with Crippen molar-refractivity contribution in [2.24, 2.45) is 5.92 Å². The molecule has 22 heavy (non-hydrogen) atoms. The number of rotatable bonds is 4. The second kappa shape index (κ2) is 7.11. The molecule has 1 aliphatic heterocycles. The van der Waals surface area contributed by atoms with Crippen LogP contribution in [0.3, 0.4) is 0 Å². The van der Waals surface area contributed by atoms with Crippen LogP contribution in [0.15, 0.2) is 29.2 Å². The fourth-order valence-corrected chi connectivity index (χ4v) is 3.37. The van der Waals surface area contributed by atoms with Gasteiger partial charge in [-0.2, -0.15) is 0 Å². The third-order valence-corrected chi connectivity index (χ3v) is 5.29. The summed E-state index contributed by atoms with van der Waals surface area (Å²) in [6, 6.07) is 5.71. The van der Waals surface area contributed by atoms with Gasteiger partial charge in [-0.3, -0.25) is 0 Å². The minimum absolute atomic E-state index is 0.0903. The van der Waals surface area contributed by atoms with Crippen molar-refractivity contribution in [3.8, 4) is 0 Å². The Hall–Kier alpha value is -1.60. The Balaban J connectivity index is 1.84. The number of carbonyl (C=O) groups excluding carboxylic acids is 1. The molecule has 0 atom stereocenters. The van der Waals surface area contributed by atoms with Gasteiger partial charge in [-0.1, -0.05) is 17.7 Å². The van der Waals surface area contributed by atoms with Crippen LogP contribution >= 0.6 is 0 Å². The molecule has 0 radical (unpaired) electrons. The van der Waals surface area contributed by atoms with Crippen LogP contribution in [0.5, 0.6) is 0 Å². The van der Waals surface area contributed by atoms with E-state index in [1.54, 1.807) is 12.1 Å². The Labute approximate surface area is 131 Å². The van der Waals surface area contributed by atoms with Gasteiger partial charge in [-0.25, -0.2) is 17.9 Å². The van der Waals surface area contributed by atoms with Crippen LogP contribution in [0.2, 0.25) is 0 Å². The number of nitrogens with zero attached hydrogens (tertiary/aromatic N) is 1. The van der Waals surface area contributed by atoms with Gasteiger partial charge in [0.15, 0.2) is 0 Å². The first-order valence-electron chi connectivity index (χ1n) is 7.43. The SMILES string of the molecule is Cc1ccc(S(=O)(=O)NC(=O)NCC2CCN(C)CC2)cc1. The summed E-state index contributed by atoms with van der Waals surface area (Å²) >= 11 is 0. The van der Waals surface area contributed by atoms with Gasteiger partial charge in [0.2, 0.25) is 0 Å². The minimum atomic E-state index is -3.81. The number of carbonyl (C=O) groups is 1. The van der Waals surface area contributed by atoms with Crippen molar-refractivity contribution in [1.29, 1.82) is 0 Å². The normalized spacial score (nSPS) is 17.2. The third kappa shape index (κ3) is 4.71. The van der Waals surface area contributed by atoms with Gasteiger partial charge in [0, 0.05) is 6.54 Å². The van der Waals surface area contributed by atoms with Crippen molar-refractivity contribution < 1.29 is 13.2 Å². The van der Waals surface area contributed by atoms with E-state index in [9.17, 15) is 13.2 Å². The number of piperidine rings is 1. The molecule has 122 valence electrons. The highest BCUT2D eigenvalue weighted by Gasteiger charge is 2.20. The Kier molecular flexibility index (Phi) is 5.42. The van der Waals surface area contributed by atoms with E-state index in [1.807, 2.05) is 6.92 Å². The summed E-state index contributed by atoms with van der Waals surface area (Å²) in [6.07, 6.45) is 2.03. The summed E-state index contributed by atoms with van der Waals surface area (Å²) in [5, 5.41) is 2.66. The van der Waals surface area contributed by atoms with Gasteiger partial charge in [0.25, 0.3) is 10.0 Å². The van der Waals surface area contributed by atoms with E-state index in [0.29, 0.717) is 12.5 Å². The molecule has 1 aromatic carbocycles. The molecule has 1 saturated heterocycles. The first-order chi connectivity index (χ1) is 10.4. The predicted octanol–water partition coefficient (Wildman–Crippen LogP) is 1.32. The van der Waals surface area contributed by atoms with Crippen LogP contribution < -0.4 is 10.0 Å². The average Bonchev–Trinajstić information content (AvgIpc) is 2.46. The highest BCUT2D eigenvalue weighted by Crippen LogP contribution is 2.14. The van der Waals surface area contributed by atoms with Gasteiger partial charge in [-0.05, 0) is 58.0 Å². The maximum absolute atomic E-state index is 12.1. The molecule has 0 aliphatic carbocycles. The second-order valence-electron chi connectivity index (χ2n) is 5.88. The van der Waals surface area contributed by atoms with Crippen LogP contribution in [0.25, 0.3) is 0 Å². The molecule has 2 amide bonds. The number of aryl methyl sites for hydroxylation is 1. The van der Waals surface area contributed by atoms with Crippen molar-refractivity contribution in [2.75, 3.05) is 26.7 Å². The minimum Gasteiger partial charge on any atom is -0.337 e. The van der Waals surface area contributed by atoms with E-state index in [2.05, 4.69) is 22.0 Å². The fourth-order valence-electron chi connectivity index (χ4n) is 2.44. The molecule has 1 aromatic rings. The standard InChI is InChI=1S/C15H23N3O3S/c1-12-3-5-14(6-4-12)22(20,21)17-15(19)16-11-13-7-9-18(2)10-8-13/h3-6,13H,7-11H2,1-2H3,(H2,16,17,19). The molecule has 1 aliphatic rings. The Bertz CT molecular complexity index is 605. The summed E-state index contributed by atoms with van der Waals surface area (Å²) in [5.74, 6) is 0.407. The zero-order valence-electron chi connectivity index (χ0n) is 13.0. The van der Waals surface area contributed by atoms with Crippen molar-refractivity contribution >= 4 is 16.1 Å². The first kappa shape index (κ1) is 16.8. The second-order valence-corrected chi connectivity index (χ2v) is 7.56. The maximum Gasteiger partial charge on any atom is 0.328 e. The summed E-state index contributed by atoms with van der Waals surface area (Å²) in [7, 11) is -1.73. The predicted molar refractivity (Wildman–Crippen MR) is 85.1 cm³/mol. The molecule has 7 heteroatoms. The number of hydrogen-bond donors (Lipinski definition) is 2. The maximum atomic E-state index is 12.1. The van der Waals surface area contributed by atoms with E-state index in [-0.39, 0.29) is 4.90 Å². The van der Waals surface area contributed by atoms with Gasteiger partial charge in [0.05, 0.1) is 4.90 Å². The van der Waals surface area contributed by atoms with Crippen molar-refractivity contribution in [3.05, 3.63) is 29.8 Å². The summed E-state index contributed by atoms with van der Waals surface area (Å²) in [5.41, 5.74) is 0.964. The Morgan fingerprint density at radius 2 is 1.82 bits per heavy atom. The third-order valence-electron chi connectivity index (χ3n) is 3.95. The molecule has 2 rings (SSSR count). The summed E-state index contributed by atoms with van der Waals surface area (Å²) < 4.78 is 26.2. The largest absolute Gasteiger partial charge is 0.337 e. The van der Waals surface area contributed by atoms with Crippen LogP contribution in [0.1, 0.15) is 18.4 Å². The number of hydrogen-bond acceptors (Lipinski definition) is 4. The Morgan fingerprint density at radius 3 is 2.41 bits per heavy atom. The monoisotopic (exact) mass is 325 g/mol. The van der Waals surface area contributed by atoms with Crippen LogP contribution in [-0.2, 0) is 10.0 Å². The van der Waals surface area contributed by atoms with Gasteiger partial charge in [-0.15, -0.1) is 0 Å². The van der Waals surface area contributed by atoms with E-state index in [0.717, 1.165) is 31.5 Å². The molecular weight excluding hydrogens is 302 g/mol. The van der Waals surface area contributed by atoms with Gasteiger partial charge in [0.1, 0.15) is 0 Å². The smallest absolute Gasteiger partial charge is 0.328 e. The Morgan fingerprint density at radius 1 is 1.23 bits per heavy atom. The number of nitrogens with one attached hydrogen (secondary N) is 2. The molecule has 1 fully saturated rings.